The lowest BCUT2D eigenvalue weighted by molar-refractivity contribution is -0.126. The minimum Gasteiger partial charge on any atom is -0.504 e. The van der Waals surface area contributed by atoms with E-state index in [1.54, 1.807) is 6.07 Å². The Kier molecular flexibility index (Phi) is 7.31. The van der Waals surface area contributed by atoms with Gasteiger partial charge in [-0.25, -0.2) is 0 Å². The van der Waals surface area contributed by atoms with E-state index >= 15 is 0 Å². The van der Waals surface area contributed by atoms with Gasteiger partial charge in [0, 0.05) is 24.6 Å². The van der Waals surface area contributed by atoms with Gasteiger partial charge in [-0.2, -0.15) is 0 Å². The molecule has 5 nitrogen and oxygen atoms in total. The van der Waals surface area contributed by atoms with Gasteiger partial charge in [-0.3, -0.25) is 9.69 Å². The summed E-state index contributed by atoms with van der Waals surface area (Å²) in [5, 5.41) is 13.4. The minimum absolute atomic E-state index is 0.0791. The number of phenolic OH excluding ortho intramolecular Hbond substituents is 1. The molecule has 2 aromatic carbocycles. The van der Waals surface area contributed by atoms with E-state index in [0.29, 0.717) is 25.4 Å². The van der Waals surface area contributed by atoms with Crippen LogP contribution in [0, 0.1) is 5.92 Å². The Morgan fingerprint density at radius 3 is 2.61 bits per heavy atom. The van der Waals surface area contributed by atoms with E-state index in [-0.39, 0.29) is 17.6 Å². The van der Waals surface area contributed by atoms with Crippen LogP contribution in [0.15, 0.2) is 48.5 Å². The summed E-state index contributed by atoms with van der Waals surface area (Å²) in [4.78, 5) is 14.7. The zero-order valence-corrected chi connectivity index (χ0v) is 16.6. The highest BCUT2D eigenvalue weighted by Crippen LogP contribution is 2.31. The first-order valence-electron chi connectivity index (χ1n) is 10.1. The molecule has 1 heterocycles. The number of rotatable bonds is 8. The van der Waals surface area contributed by atoms with Crippen molar-refractivity contribution in [2.24, 2.45) is 5.92 Å². The lowest BCUT2D eigenvalue weighted by Crippen LogP contribution is -2.40. The summed E-state index contributed by atoms with van der Waals surface area (Å²) in [6.45, 7) is 5.50. The molecule has 1 aliphatic rings. The molecular formula is C23H30N2O3. The molecule has 1 saturated heterocycles. The van der Waals surface area contributed by atoms with E-state index in [0.717, 1.165) is 37.9 Å². The molecule has 0 unspecified atom stereocenters. The molecule has 0 atom stereocenters. The van der Waals surface area contributed by atoms with Gasteiger partial charge in [-0.05, 0) is 50.9 Å². The number of carbonyl (C=O) groups excluding carboxylic acids is 1. The molecule has 0 saturated carbocycles. The van der Waals surface area contributed by atoms with Crippen molar-refractivity contribution in [3.05, 3.63) is 59.7 Å². The molecule has 150 valence electrons. The first-order chi connectivity index (χ1) is 13.7. The highest BCUT2D eigenvalue weighted by molar-refractivity contribution is 5.78. The van der Waals surface area contributed by atoms with Crippen molar-refractivity contribution in [2.45, 2.75) is 32.7 Å². The zero-order chi connectivity index (χ0) is 19.8. The number of phenols is 1. The molecule has 2 N–H and O–H groups in total. The van der Waals surface area contributed by atoms with Crippen molar-refractivity contribution in [3.63, 3.8) is 0 Å². The number of hydrogen-bond acceptors (Lipinski definition) is 4. The molecule has 0 bridgehead atoms. The number of piperidine rings is 1. The van der Waals surface area contributed by atoms with Gasteiger partial charge in [-0.1, -0.05) is 42.5 Å². The summed E-state index contributed by atoms with van der Waals surface area (Å²) in [6.07, 6.45) is 2.56. The third-order valence-electron chi connectivity index (χ3n) is 5.29. The molecule has 0 radical (unpaired) electrons. The normalized spacial score (nSPS) is 15.3. The van der Waals surface area contributed by atoms with E-state index in [9.17, 15) is 9.90 Å². The summed E-state index contributed by atoms with van der Waals surface area (Å²) in [5.41, 5.74) is 2.11. The van der Waals surface area contributed by atoms with Crippen molar-refractivity contribution < 1.29 is 14.6 Å². The van der Waals surface area contributed by atoms with Crippen molar-refractivity contribution in [1.29, 1.82) is 0 Å². The number of para-hydroxylation sites is 1. The van der Waals surface area contributed by atoms with Gasteiger partial charge in [0.25, 0.3) is 0 Å². The number of carbonyl (C=O) groups is 1. The Hall–Kier alpha value is -2.53. The first kappa shape index (κ1) is 20.2. The van der Waals surface area contributed by atoms with E-state index in [1.165, 1.54) is 5.56 Å². The largest absolute Gasteiger partial charge is 0.504 e. The summed E-state index contributed by atoms with van der Waals surface area (Å²) >= 11 is 0. The lowest BCUT2D eigenvalue weighted by Gasteiger charge is -2.31. The molecule has 0 aromatic heterocycles. The van der Waals surface area contributed by atoms with Crippen LogP contribution in [0.1, 0.15) is 30.9 Å². The number of hydrogen-bond donors (Lipinski definition) is 2. The highest BCUT2D eigenvalue weighted by atomic mass is 16.5. The maximum absolute atomic E-state index is 12.4. The molecular weight excluding hydrogens is 352 g/mol. The number of ether oxygens (including phenoxy) is 1. The van der Waals surface area contributed by atoms with Crippen molar-refractivity contribution in [2.75, 3.05) is 26.2 Å². The summed E-state index contributed by atoms with van der Waals surface area (Å²) in [5.74, 6) is 1.00. The quantitative estimate of drug-likeness (QED) is 0.735. The summed E-state index contributed by atoms with van der Waals surface area (Å²) < 4.78 is 5.46. The van der Waals surface area contributed by atoms with Gasteiger partial charge in [0.15, 0.2) is 11.5 Å². The molecule has 2 aromatic rings. The topological polar surface area (TPSA) is 61.8 Å². The van der Waals surface area contributed by atoms with Crippen molar-refractivity contribution in [1.82, 2.24) is 10.2 Å². The third-order valence-corrected chi connectivity index (χ3v) is 5.29. The third kappa shape index (κ3) is 5.49. The second-order valence-electron chi connectivity index (χ2n) is 7.27. The number of nitrogens with zero attached hydrogens (tertiary/aromatic N) is 1. The summed E-state index contributed by atoms with van der Waals surface area (Å²) in [6, 6.07) is 15.8. The van der Waals surface area contributed by atoms with Crippen LogP contribution >= 0.6 is 0 Å². The number of likely N-dealkylation sites (tertiary alicyclic amines) is 1. The van der Waals surface area contributed by atoms with Gasteiger partial charge in [0.05, 0.1) is 6.61 Å². The molecule has 1 amide bonds. The fraction of sp³-hybridized carbons (Fsp3) is 0.435. The van der Waals surface area contributed by atoms with Crippen LogP contribution in [0.5, 0.6) is 11.5 Å². The minimum atomic E-state index is 0.0791. The predicted octanol–water partition coefficient (Wildman–Crippen LogP) is 3.36. The molecule has 0 spiro atoms. The maximum Gasteiger partial charge on any atom is 0.223 e. The fourth-order valence-electron chi connectivity index (χ4n) is 3.68. The molecule has 5 heteroatoms. The van der Waals surface area contributed by atoms with Gasteiger partial charge >= 0.3 is 0 Å². The van der Waals surface area contributed by atoms with Gasteiger partial charge < -0.3 is 15.2 Å². The number of nitrogens with one attached hydrogen (secondary N) is 1. The van der Waals surface area contributed by atoms with Gasteiger partial charge in [-0.15, -0.1) is 0 Å². The molecule has 28 heavy (non-hydrogen) atoms. The smallest absolute Gasteiger partial charge is 0.223 e. The van der Waals surface area contributed by atoms with Crippen LogP contribution in [-0.2, 0) is 17.8 Å². The fourth-order valence-corrected chi connectivity index (χ4v) is 3.68. The van der Waals surface area contributed by atoms with E-state index in [4.69, 9.17) is 4.74 Å². The molecule has 3 rings (SSSR count). The van der Waals surface area contributed by atoms with Crippen LogP contribution in [0.3, 0.4) is 0 Å². The molecule has 0 aliphatic carbocycles. The number of amides is 1. The Labute approximate surface area is 167 Å². The predicted molar refractivity (Wildman–Crippen MR) is 110 cm³/mol. The Morgan fingerprint density at radius 1 is 1.14 bits per heavy atom. The van der Waals surface area contributed by atoms with E-state index in [1.807, 2.05) is 37.3 Å². The van der Waals surface area contributed by atoms with E-state index in [2.05, 4.69) is 22.3 Å². The SMILES string of the molecule is CCOc1cccc(CN2CCC(C(=O)NCCc3ccccc3)CC2)c1O. The van der Waals surface area contributed by atoms with Gasteiger partial charge in [0.1, 0.15) is 0 Å². The van der Waals surface area contributed by atoms with Crippen LogP contribution in [-0.4, -0.2) is 42.2 Å². The Morgan fingerprint density at radius 2 is 1.89 bits per heavy atom. The average molecular weight is 383 g/mol. The summed E-state index contributed by atoms with van der Waals surface area (Å²) in [7, 11) is 0. The van der Waals surface area contributed by atoms with Crippen LogP contribution in [0.4, 0.5) is 0 Å². The Balaban J connectivity index is 1.43. The second kappa shape index (κ2) is 10.1. The molecule has 1 aliphatic heterocycles. The van der Waals surface area contributed by atoms with Gasteiger partial charge in [0.2, 0.25) is 5.91 Å². The van der Waals surface area contributed by atoms with Crippen LogP contribution in [0.2, 0.25) is 0 Å². The average Bonchev–Trinajstić information content (AvgIpc) is 2.72. The van der Waals surface area contributed by atoms with Crippen molar-refractivity contribution in [3.8, 4) is 11.5 Å². The highest BCUT2D eigenvalue weighted by Gasteiger charge is 2.25. The standard InChI is InChI=1S/C23H30N2O3/c1-2-28-21-10-6-9-20(22(21)26)17-25-15-12-19(13-16-25)23(27)24-14-11-18-7-4-3-5-8-18/h3-10,19,26H,2,11-17H2,1H3,(H,24,27). The lowest BCUT2D eigenvalue weighted by atomic mass is 9.95. The maximum atomic E-state index is 12.4. The number of aromatic hydroxyl groups is 1. The van der Waals surface area contributed by atoms with Crippen LogP contribution < -0.4 is 10.1 Å². The second-order valence-corrected chi connectivity index (χ2v) is 7.27. The van der Waals surface area contributed by atoms with E-state index < -0.39 is 0 Å². The molecule has 1 fully saturated rings. The number of benzene rings is 2. The Bertz CT molecular complexity index is 756. The monoisotopic (exact) mass is 382 g/mol. The van der Waals surface area contributed by atoms with Crippen LogP contribution in [0.25, 0.3) is 0 Å². The zero-order valence-electron chi connectivity index (χ0n) is 16.6. The van der Waals surface area contributed by atoms with Crippen molar-refractivity contribution >= 4 is 5.91 Å². The first-order valence-corrected chi connectivity index (χ1v) is 10.1.